The van der Waals surface area contributed by atoms with Crippen molar-refractivity contribution < 1.29 is 18.0 Å². The van der Waals surface area contributed by atoms with Crippen LogP contribution in [0, 0.1) is 6.92 Å². The van der Waals surface area contributed by atoms with E-state index in [1.54, 1.807) is 37.3 Å². The minimum atomic E-state index is -3.86. The maximum atomic E-state index is 13.9. The monoisotopic (exact) mass is 601 g/mol. The minimum Gasteiger partial charge on any atom is -0.352 e. The molecule has 7 nitrogen and oxygen atoms in total. The largest absolute Gasteiger partial charge is 0.352 e. The van der Waals surface area contributed by atoms with Gasteiger partial charge >= 0.3 is 0 Å². The molecule has 0 aromatic heterocycles. The number of aryl methyl sites for hydroxylation is 1. The van der Waals surface area contributed by atoms with Crippen LogP contribution in [0.1, 0.15) is 56.6 Å². The molecule has 0 saturated heterocycles. The molecule has 0 radical (unpaired) electrons. The van der Waals surface area contributed by atoms with E-state index in [0.29, 0.717) is 38.3 Å². The summed E-state index contributed by atoms with van der Waals surface area (Å²) in [6.07, 6.45) is 6.41. The smallest absolute Gasteiger partial charge is 0.244 e. The van der Waals surface area contributed by atoms with E-state index >= 15 is 0 Å². The van der Waals surface area contributed by atoms with E-state index in [-0.39, 0.29) is 18.5 Å². The second-order valence-electron chi connectivity index (χ2n) is 9.73. The van der Waals surface area contributed by atoms with Crippen molar-refractivity contribution in [3.05, 3.63) is 62.6 Å². The van der Waals surface area contributed by atoms with Crippen molar-refractivity contribution in [2.75, 3.05) is 17.1 Å². The van der Waals surface area contributed by atoms with Crippen LogP contribution in [0.15, 0.2) is 36.4 Å². The zero-order valence-electron chi connectivity index (χ0n) is 21.8. The second-order valence-corrected chi connectivity index (χ2v) is 12.9. The number of amides is 2. The minimum absolute atomic E-state index is 0.0115. The number of nitrogens with zero attached hydrogens (tertiary/aromatic N) is 2. The molecule has 1 fully saturated rings. The summed E-state index contributed by atoms with van der Waals surface area (Å²) in [5.74, 6) is -0.797. The quantitative estimate of drug-likeness (QED) is 0.363. The zero-order chi connectivity index (χ0) is 28.0. The van der Waals surface area contributed by atoms with E-state index in [4.69, 9.17) is 34.8 Å². The fourth-order valence-corrected chi connectivity index (χ4v) is 6.28. The third-order valence-electron chi connectivity index (χ3n) is 6.81. The molecule has 2 amide bonds. The first kappa shape index (κ1) is 30.5. The number of benzene rings is 2. The van der Waals surface area contributed by atoms with Gasteiger partial charge in [0, 0.05) is 27.7 Å². The van der Waals surface area contributed by atoms with Crippen molar-refractivity contribution >= 4 is 62.3 Å². The van der Waals surface area contributed by atoms with Crippen molar-refractivity contribution in [1.82, 2.24) is 10.2 Å². The number of nitrogens with one attached hydrogen (secondary N) is 1. The summed E-state index contributed by atoms with van der Waals surface area (Å²) in [6, 6.07) is 9.03. The highest BCUT2D eigenvalue weighted by molar-refractivity contribution is 7.92. The average Bonchev–Trinajstić information content (AvgIpc) is 2.85. The van der Waals surface area contributed by atoms with Gasteiger partial charge < -0.3 is 10.2 Å². The van der Waals surface area contributed by atoms with Gasteiger partial charge in [-0.2, -0.15) is 0 Å². The Bertz CT molecular complexity index is 1270. The molecule has 208 valence electrons. The number of rotatable bonds is 10. The molecule has 2 aromatic carbocycles. The maximum Gasteiger partial charge on any atom is 0.244 e. The van der Waals surface area contributed by atoms with Gasteiger partial charge in [0.1, 0.15) is 12.6 Å². The number of carbonyl (C=O) groups is 2. The van der Waals surface area contributed by atoms with E-state index in [1.807, 2.05) is 6.92 Å². The first-order valence-electron chi connectivity index (χ1n) is 12.7. The first-order chi connectivity index (χ1) is 17.9. The number of halogens is 3. The van der Waals surface area contributed by atoms with Crippen molar-refractivity contribution in [2.24, 2.45) is 0 Å². The van der Waals surface area contributed by atoms with Crippen LogP contribution < -0.4 is 9.62 Å². The Balaban J connectivity index is 1.97. The Labute approximate surface area is 240 Å². The molecule has 0 bridgehead atoms. The van der Waals surface area contributed by atoms with Gasteiger partial charge in [-0.3, -0.25) is 13.9 Å². The predicted octanol–water partition coefficient (Wildman–Crippen LogP) is 5.98. The number of sulfonamides is 1. The number of carbonyl (C=O) groups excluding carboxylic acids is 2. The van der Waals surface area contributed by atoms with Crippen LogP contribution in [-0.4, -0.2) is 50.0 Å². The summed E-state index contributed by atoms with van der Waals surface area (Å²) in [7, 11) is -3.86. The third kappa shape index (κ3) is 8.01. The van der Waals surface area contributed by atoms with Crippen LogP contribution in [0.3, 0.4) is 0 Å². The molecule has 38 heavy (non-hydrogen) atoms. The lowest BCUT2D eigenvalue weighted by molar-refractivity contribution is -0.140. The molecule has 0 aliphatic heterocycles. The lowest BCUT2D eigenvalue weighted by atomic mass is 9.95. The molecule has 1 aliphatic rings. The Morgan fingerprint density at radius 2 is 1.66 bits per heavy atom. The van der Waals surface area contributed by atoms with Gasteiger partial charge in [0.15, 0.2) is 0 Å². The second kappa shape index (κ2) is 13.4. The average molecular weight is 603 g/mol. The Morgan fingerprint density at radius 3 is 2.26 bits per heavy atom. The Morgan fingerprint density at radius 1 is 1.03 bits per heavy atom. The summed E-state index contributed by atoms with van der Waals surface area (Å²) in [4.78, 5) is 28.8. The van der Waals surface area contributed by atoms with Gasteiger partial charge in [0.25, 0.3) is 0 Å². The fraction of sp³-hybridized carbons (Fsp3) is 0.481. The van der Waals surface area contributed by atoms with Gasteiger partial charge in [-0.05, 0) is 61.6 Å². The fourth-order valence-electron chi connectivity index (χ4n) is 4.74. The van der Waals surface area contributed by atoms with Crippen molar-refractivity contribution in [3.8, 4) is 0 Å². The molecular weight excluding hydrogens is 569 g/mol. The lowest BCUT2D eigenvalue weighted by Gasteiger charge is -2.34. The van der Waals surface area contributed by atoms with Crippen molar-refractivity contribution in [2.45, 2.75) is 71.0 Å². The normalized spacial score (nSPS) is 15.1. The van der Waals surface area contributed by atoms with E-state index in [2.05, 4.69) is 5.32 Å². The van der Waals surface area contributed by atoms with Crippen LogP contribution in [0.4, 0.5) is 5.69 Å². The van der Waals surface area contributed by atoms with Gasteiger partial charge in [0.2, 0.25) is 21.8 Å². The van der Waals surface area contributed by atoms with E-state index < -0.39 is 28.5 Å². The molecule has 3 rings (SSSR count). The highest BCUT2D eigenvalue weighted by Gasteiger charge is 2.33. The van der Waals surface area contributed by atoms with Gasteiger partial charge in [-0.25, -0.2) is 8.42 Å². The van der Waals surface area contributed by atoms with Gasteiger partial charge in [-0.1, -0.05) is 73.1 Å². The van der Waals surface area contributed by atoms with Crippen LogP contribution in [-0.2, 0) is 26.2 Å². The van der Waals surface area contributed by atoms with Crippen LogP contribution >= 0.6 is 34.8 Å². The maximum absolute atomic E-state index is 13.9. The lowest BCUT2D eigenvalue weighted by Crippen LogP contribution is -2.54. The number of hydrogen-bond donors (Lipinski definition) is 1. The zero-order valence-corrected chi connectivity index (χ0v) is 24.9. The molecule has 1 aliphatic carbocycles. The van der Waals surface area contributed by atoms with E-state index in [9.17, 15) is 18.0 Å². The van der Waals surface area contributed by atoms with Crippen LogP contribution in [0.5, 0.6) is 0 Å². The summed E-state index contributed by atoms with van der Waals surface area (Å²) in [5, 5.41) is 4.25. The molecule has 1 saturated carbocycles. The SMILES string of the molecule is CC[C@H](C(=O)NC1CCCCC1)N(Cc1ccc(Cl)cc1Cl)C(=O)CN(c1cc(Cl)ccc1C)S(C)(=O)=O. The molecule has 2 aromatic rings. The van der Waals surface area contributed by atoms with E-state index in [0.717, 1.165) is 42.7 Å². The molecule has 0 unspecified atom stereocenters. The highest BCUT2D eigenvalue weighted by Crippen LogP contribution is 2.28. The summed E-state index contributed by atoms with van der Waals surface area (Å²) in [5.41, 5.74) is 1.54. The number of hydrogen-bond acceptors (Lipinski definition) is 4. The Kier molecular flexibility index (Phi) is 10.7. The molecule has 1 atom stereocenters. The summed E-state index contributed by atoms with van der Waals surface area (Å²) in [6.45, 7) is 3.08. The number of anilines is 1. The van der Waals surface area contributed by atoms with Crippen LogP contribution in [0.25, 0.3) is 0 Å². The predicted molar refractivity (Wildman–Crippen MR) is 154 cm³/mol. The third-order valence-corrected chi connectivity index (χ3v) is 8.76. The molecule has 0 heterocycles. The molecule has 11 heteroatoms. The first-order valence-corrected chi connectivity index (χ1v) is 15.7. The van der Waals surface area contributed by atoms with Crippen LogP contribution in [0.2, 0.25) is 15.1 Å². The molecular formula is C27H34Cl3N3O4S. The van der Waals surface area contributed by atoms with E-state index in [1.165, 1.54) is 11.0 Å². The van der Waals surface area contributed by atoms with Gasteiger partial charge in [-0.15, -0.1) is 0 Å². The van der Waals surface area contributed by atoms with Crippen molar-refractivity contribution in [3.63, 3.8) is 0 Å². The van der Waals surface area contributed by atoms with Gasteiger partial charge in [0.05, 0.1) is 11.9 Å². The summed E-state index contributed by atoms with van der Waals surface area (Å²) < 4.78 is 26.7. The molecule has 0 spiro atoms. The summed E-state index contributed by atoms with van der Waals surface area (Å²) >= 11 is 18.7. The highest BCUT2D eigenvalue weighted by atomic mass is 35.5. The molecule has 1 N–H and O–H groups in total. The topological polar surface area (TPSA) is 86.8 Å². The standard InChI is InChI=1S/C27H34Cl3N3O4S/c1-4-24(27(35)31-22-8-6-5-7-9-22)32(16-19-11-13-20(28)14-23(19)30)26(34)17-33(38(3,36)37)25-15-21(29)12-10-18(25)2/h10-15,22,24H,4-9,16-17H2,1-3H3,(H,31,35)/t24-/m1/s1. The van der Waals surface area contributed by atoms with Crippen molar-refractivity contribution in [1.29, 1.82) is 0 Å². The Hall–Kier alpha value is -2.00.